The number of ether oxygens (including phenoxy) is 2. The average Bonchev–Trinajstić information content (AvgIpc) is 2.98. The molecule has 1 heterocycles. The third kappa shape index (κ3) is 4.53. The lowest BCUT2D eigenvalue weighted by molar-refractivity contribution is 0.189. The normalized spacial score (nSPS) is 18.3. The fourth-order valence-electron chi connectivity index (χ4n) is 1.87. The van der Waals surface area contributed by atoms with Crippen LogP contribution >= 0.6 is 0 Å². The van der Waals surface area contributed by atoms with Crippen molar-refractivity contribution in [3.63, 3.8) is 0 Å². The molecule has 0 saturated carbocycles. The molecular formula is C13H18N4O4. The number of carbonyl (C=O) groups is 1. The van der Waals surface area contributed by atoms with Crippen LogP contribution in [0.2, 0.25) is 0 Å². The Morgan fingerprint density at radius 2 is 2.33 bits per heavy atom. The number of nitrogens with one attached hydrogen (secondary N) is 2. The molecule has 0 aromatic heterocycles. The quantitative estimate of drug-likeness (QED) is 0.276. The summed E-state index contributed by atoms with van der Waals surface area (Å²) < 4.78 is 10.6. The minimum absolute atomic E-state index is 0.0234. The maximum absolute atomic E-state index is 11.9. The second-order valence-corrected chi connectivity index (χ2v) is 4.54. The Morgan fingerprint density at radius 1 is 1.52 bits per heavy atom. The van der Waals surface area contributed by atoms with Crippen molar-refractivity contribution in [1.29, 1.82) is 0 Å². The number of amides is 2. The van der Waals surface area contributed by atoms with E-state index in [4.69, 9.17) is 20.4 Å². The molecule has 0 aliphatic carbocycles. The second kappa shape index (κ2) is 7.34. The molecule has 2 amide bonds. The van der Waals surface area contributed by atoms with E-state index in [-0.39, 0.29) is 24.5 Å². The van der Waals surface area contributed by atoms with Crippen molar-refractivity contribution in [2.24, 2.45) is 10.9 Å². The summed E-state index contributed by atoms with van der Waals surface area (Å²) in [5.41, 5.74) is 5.84. The van der Waals surface area contributed by atoms with E-state index < -0.39 is 0 Å². The molecule has 1 aromatic carbocycles. The van der Waals surface area contributed by atoms with E-state index in [9.17, 15) is 4.79 Å². The van der Waals surface area contributed by atoms with Crippen molar-refractivity contribution in [3.8, 4) is 5.75 Å². The molecular weight excluding hydrogens is 276 g/mol. The van der Waals surface area contributed by atoms with Gasteiger partial charge in [-0.25, -0.2) is 4.79 Å². The summed E-state index contributed by atoms with van der Waals surface area (Å²) in [7, 11) is 0. The van der Waals surface area contributed by atoms with Crippen molar-refractivity contribution < 1.29 is 19.5 Å². The van der Waals surface area contributed by atoms with Gasteiger partial charge in [0.05, 0.1) is 18.3 Å². The standard InChI is InChI=1S/C13H18N4O4/c14-12(17-19)8-21-11-4-2-1-3-10(11)16-13(18)15-9-5-6-20-7-9/h1-4,9,19H,5-8H2,(H2,14,17)(H2,15,16,18). The van der Waals surface area contributed by atoms with Gasteiger partial charge < -0.3 is 31.0 Å². The molecule has 21 heavy (non-hydrogen) atoms. The maximum Gasteiger partial charge on any atom is 0.319 e. The number of hydrogen-bond acceptors (Lipinski definition) is 5. The summed E-state index contributed by atoms with van der Waals surface area (Å²) in [5.74, 6) is 0.374. The fourth-order valence-corrected chi connectivity index (χ4v) is 1.87. The van der Waals surface area contributed by atoms with Crippen LogP contribution < -0.4 is 21.1 Å². The Morgan fingerprint density at radius 3 is 3.05 bits per heavy atom. The van der Waals surface area contributed by atoms with Crippen LogP contribution in [0, 0.1) is 0 Å². The summed E-state index contributed by atoms with van der Waals surface area (Å²) in [5, 5.41) is 16.8. The first kappa shape index (κ1) is 14.9. The zero-order chi connectivity index (χ0) is 15.1. The first-order valence-corrected chi connectivity index (χ1v) is 6.52. The van der Waals surface area contributed by atoms with E-state index in [0.717, 1.165) is 6.42 Å². The van der Waals surface area contributed by atoms with Crippen LogP contribution in [0.15, 0.2) is 29.4 Å². The molecule has 114 valence electrons. The van der Waals surface area contributed by atoms with E-state index in [1.807, 2.05) is 0 Å². The molecule has 1 fully saturated rings. The molecule has 2 rings (SSSR count). The van der Waals surface area contributed by atoms with Crippen molar-refractivity contribution >= 4 is 17.6 Å². The van der Waals surface area contributed by atoms with Crippen LogP contribution in [-0.4, -0.2) is 42.9 Å². The molecule has 8 nitrogen and oxygen atoms in total. The minimum atomic E-state index is -0.328. The van der Waals surface area contributed by atoms with Gasteiger partial charge in [0.2, 0.25) is 0 Å². The molecule has 1 aromatic rings. The summed E-state index contributed by atoms with van der Waals surface area (Å²) in [6.07, 6.45) is 0.801. The molecule has 0 bridgehead atoms. The lowest BCUT2D eigenvalue weighted by Gasteiger charge is -2.14. The van der Waals surface area contributed by atoms with Crippen molar-refractivity contribution in [2.45, 2.75) is 12.5 Å². The number of amidine groups is 1. The highest BCUT2D eigenvalue weighted by Gasteiger charge is 2.18. The number of para-hydroxylation sites is 2. The van der Waals surface area contributed by atoms with E-state index in [2.05, 4.69) is 15.8 Å². The number of benzene rings is 1. The summed E-state index contributed by atoms with van der Waals surface area (Å²) in [6, 6.07) is 6.60. The Hall–Kier alpha value is -2.48. The highest BCUT2D eigenvalue weighted by molar-refractivity contribution is 5.91. The molecule has 1 unspecified atom stereocenters. The van der Waals surface area contributed by atoms with Gasteiger partial charge in [0, 0.05) is 6.61 Å². The predicted octanol–water partition coefficient (Wildman–Crippen LogP) is 0.722. The Balaban J connectivity index is 1.93. The first-order chi connectivity index (χ1) is 10.2. The topological polar surface area (TPSA) is 118 Å². The number of oxime groups is 1. The summed E-state index contributed by atoms with van der Waals surface area (Å²) >= 11 is 0. The smallest absolute Gasteiger partial charge is 0.319 e. The van der Waals surface area contributed by atoms with Gasteiger partial charge in [0.25, 0.3) is 0 Å². The zero-order valence-electron chi connectivity index (χ0n) is 11.4. The minimum Gasteiger partial charge on any atom is -0.483 e. The summed E-state index contributed by atoms with van der Waals surface area (Å²) in [4.78, 5) is 11.9. The Bertz CT molecular complexity index is 515. The lowest BCUT2D eigenvalue weighted by atomic mass is 10.2. The molecule has 8 heteroatoms. The Kier molecular flexibility index (Phi) is 5.22. The number of anilines is 1. The highest BCUT2D eigenvalue weighted by atomic mass is 16.5. The van der Waals surface area contributed by atoms with Crippen LogP contribution in [0.5, 0.6) is 5.75 Å². The molecule has 1 saturated heterocycles. The van der Waals surface area contributed by atoms with Gasteiger partial charge in [-0.3, -0.25) is 0 Å². The van der Waals surface area contributed by atoms with Crippen molar-refractivity contribution in [3.05, 3.63) is 24.3 Å². The van der Waals surface area contributed by atoms with E-state index in [1.165, 1.54) is 0 Å². The lowest BCUT2D eigenvalue weighted by Crippen LogP contribution is -2.38. The number of hydrogen-bond donors (Lipinski definition) is 4. The van der Waals surface area contributed by atoms with Crippen LogP contribution in [0.3, 0.4) is 0 Å². The summed E-state index contributed by atoms with van der Waals surface area (Å²) in [6.45, 7) is 1.10. The maximum atomic E-state index is 11.9. The molecule has 0 radical (unpaired) electrons. The number of rotatable bonds is 5. The first-order valence-electron chi connectivity index (χ1n) is 6.52. The average molecular weight is 294 g/mol. The third-order valence-corrected chi connectivity index (χ3v) is 2.90. The van der Waals surface area contributed by atoms with E-state index in [0.29, 0.717) is 24.7 Å². The third-order valence-electron chi connectivity index (χ3n) is 2.90. The highest BCUT2D eigenvalue weighted by Crippen LogP contribution is 2.23. The SMILES string of the molecule is N/C(COc1ccccc1NC(=O)NC1CCOC1)=N/O. The fraction of sp³-hybridized carbons (Fsp3) is 0.385. The van der Waals surface area contributed by atoms with Gasteiger partial charge in [-0.1, -0.05) is 17.3 Å². The number of nitrogens with zero attached hydrogens (tertiary/aromatic N) is 1. The van der Waals surface area contributed by atoms with Crippen LogP contribution in [-0.2, 0) is 4.74 Å². The van der Waals surface area contributed by atoms with E-state index >= 15 is 0 Å². The van der Waals surface area contributed by atoms with Crippen LogP contribution in [0.25, 0.3) is 0 Å². The van der Waals surface area contributed by atoms with Gasteiger partial charge in [0.1, 0.15) is 12.4 Å². The van der Waals surface area contributed by atoms with Gasteiger partial charge >= 0.3 is 6.03 Å². The largest absolute Gasteiger partial charge is 0.483 e. The number of urea groups is 1. The predicted molar refractivity (Wildman–Crippen MR) is 76.7 cm³/mol. The monoisotopic (exact) mass is 294 g/mol. The van der Waals surface area contributed by atoms with Gasteiger partial charge in [-0.05, 0) is 18.6 Å². The van der Waals surface area contributed by atoms with Gasteiger partial charge in [-0.15, -0.1) is 0 Å². The molecule has 0 spiro atoms. The molecule has 5 N–H and O–H groups in total. The molecule has 1 aliphatic heterocycles. The Labute approximate surface area is 121 Å². The second-order valence-electron chi connectivity index (χ2n) is 4.54. The van der Waals surface area contributed by atoms with Crippen molar-refractivity contribution in [2.75, 3.05) is 25.1 Å². The molecule has 1 aliphatic rings. The van der Waals surface area contributed by atoms with Gasteiger partial charge in [-0.2, -0.15) is 0 Å². The van der Waals surface area contributed by atoms with Gasteiger partial charge in [0.15, 0.2) is 5.84 Å². The van der Waals surface area contributed by atoms with E-state index in [1.54, 1.807) is 24.3 Å². The zero-order valence-corrected chi connectivity index (χ0v) is 11.4. The van der Waals surface area contributed by atoms with Crippen molar-refractivity contribution in [1.82, 2.24) is 5.32 Å². The number of nitrogens with two attached hydrogens (primary N) is 1. The van der Waals surface area contributed by atoms with Crippen LogP contribution in [0.4, 0.5) is 10.5 Å². The van der Waals surface area contributed by atoms with Crippen LogP contribution in [0.1, 0.15) is 6.42 Å². The number of carbonyl (C=O) groups excluding carboxylic acids is 1. The molecule has 1 atom stereocenters.